The van der Waals surface area contributed by atoms with Crippen LogP contribution >= 0.6 is 23.7 Å². The maximum Gasteiger partial charge on any atom is 0.313 e. The van der Waals surface area contributed by atoms with Crippen molar-refractivity contribution in [1.82, 2.24) is 0 Å². The number of phenolic OH excluding ortho intramolecular Hbond substituents is 1. The molecule has 3 N–H and O–H groups in total. The Morgan fingerprint density at radius 3 is 2.63 bits per heavy atom. The molecule has 0 radical (unpaired) electrons. The van der Waals surface area contributed by atoms with Crippen LogP contribution in [0.5, 0.6) is 5.75 Å². The molecule has 0 aliphatic rings. The second kappa shape index (κ2) is 6.01. The molecule has 0 saturated heterocycles. The quantitative estimate of drug-likeness (QED) is 0.673. The minimum Gasteiger partial charge on any atom is -0.502 e. The average molecular weight is 301 g/mol. The second-order valence-electron chi connectivity index (χ2n) is 3.92. The predicted octanol–water partition coefficient (Wildman–Crippen LogP) is 3.14. The smallest absolute Gasteiger partial charge is 0.313 e. The molecule has 1 heterocycles. The van der Waals surface area contributed by atoms with Crippen LogP contribution < -0.4 is 5.73 Å². The highest BCUT2D eigenvalue weighted by Crippen LogP contribution is 2.38. The minimum absolute atomic E-state index is 0. The molecule has 5 nitrogen and oxygen atoms in total. The number of nitro groups is 1. The number of phenols is 1. The molecule has 0 aliphatic carbocycles. The van der Waals surface area contributed by atoms with E-state index in [1.807, 2.05) is 17.5 Å². The summed E-state index contributed by atoms with van der Waals surface area (Å²) in [6, 6.07) is 6.35. The largest absolute Gasteiger partial charge is 0.502 e. The maximum absolute atomic E-state index is 10.9. The summed E-state index contributed by atoms with van der Waals surface area (Å²) in [4.78, 5) is 11.2. The Morgan fingerprint density at radius 2 is 2.11 bits per heavy atom. The molecule has 0 fully saturated rings. The first-order valence-corrected chi connectivity index (χ1v) is 6.16. The summed E-state index contributed by atoms with van der Waals surface area (Å²) < 4.78 is 0. The lowest BCUT2D eigenvalue weighted by molar-refractivity contribution is -0.386. The fourth-order valence-electron chi connectivity index (χ4n) is 1.80. The van der Waals surface area contributed by atoms with E-state index in [0.29, 0.717) is 11.1 Å². The van der Waals surface area contributed by atoms with Crippen LogP contribution in [-0.4, -0.2) is 10.0 Å². The zero-order valence-electron chi connectivity index (χ0n) is 10.1. The van der Waals surface area contributed by atoms with Gasteiger partial charge in [-0.05, 0) is 18.4 Å². The summed E-state index contributed by atoms with van der Waals surface area (Å²) in [6.45, 7) is 1.58. The highest BCUT2D eigenvalue weighted by atomic mass is 35.5. The number of thiophene rings is 1. The lowest BCUT2D eigenvalue weighted by Gasteiger charge is -2.12. The SMILES string of the molecule is Cc1ccc([C@@H](N)c2cccs2)c(O)c1[N+](=O)[O-].Cl. The molecule has 0 amide bonds. The molecule has 0 aliphatic heterocycles. The number of aromatic hydroxyl groups is 1. The number of nitrogens with two attached hydrogens (primary N) is 1. The van der Waals surface area contributed by atoms with Crippen LogP contribution in [0.15, 0.2) is 29.6 Å². The number of rotatable bonds is 3. The number of aryl methyl sites for hydroxylation is 1. The summed E-state index contributed by atoms with van der Waals surface area (Å²) in [5.41, 5.74) is 6.52. The summed E-state index contributed by atoms with van der Waals surface area (Å²) >= 11 is 1.45. The van der Waals surface area contributed by atoms with E-state index in [2.05, 4.69) is 0 Å². The Labute approximate surface area is 120 Å². The second-order valence-corrected chi connectivity index (χ2v) is 4.90. The van der Waals surface area contributed by atoms with Gasteiger partial charge in [0.2, 0.25) is 0 Å². The van der Waals surface area contributed by atoms with Gasteiger partial charge in [-0.3, -0.25) is 10.1 Å². The summed E-state index contributed by atoms with van der Waals surface area (Å²) in [7, 11) is 0. The molecule has 1 aromatic carbocycles. The minimum atomic E-state index is -0.588. The van der Waals surface area contributed by atoms with Crippen LogP contribution in [0.1, 0.15) is 22.0 Å². The van der Waals surface area contributed by atoms with Crippen LogP contribution in [0.25, 0.3) is 0 Å². The van der Waals surface area contributed by atoms with Crippen LogP contribution in [0.4, 0.5) is 5.69 Å². The zero-order chi connectivity index (χ0) is 13.3. The third-order valence-corrected chi connectivity index (χ3v) is 3.71. The monoisotopic (exact) mass is 300 g/mol. The molecule has 19 heavy (non-hydrogen) atoms. The first-order chi connectivity index (χ1) is 8.52. The maximum atomic E-state index is 10.9. The molecule has 0 spiro atoms. The van der Waals surface area contributed by atoms with Crippen molar-refractivity contribution in [3.63, 3.8) is 0 Å². The fourth-order valence-corrected chi connectivity index (χ4v) is 2.54. The fraction of sp³-hybridized carbons (Fsp3) is 0.167. The molecule has 1 atom stereocenters. The number of benzene rings is 1. The van der Waals surface area contributed by atoms with E-state index in [0.717, 1.165) is 4.88 Å². The van der Waals surface area contributed by atoms with Crippen molar-refractivity contribution in [2.75, 3.05) is 0 Å². The number of nitro benzene ring substituents is 1. The zero-order valence-corrected chi connectivity index (χ0v) is 11.7. The van der Waals surface area contributed by atoms with Crippen molar-refractivity contribution in [2.24, 2.45) is 5.73 Å². The molecule has 0 saturated carbocycles. The van der Waals surface area contributed by atoms with Gasteiger partial charge in [0.25, 0.3) is 0 Å². The van der Waals surface area contributed by atoms with Crippen molar-refractivity contribution in [1.29, 1.82) is 0 Å². The van der Waals surface area contributed by atoms with Crippen LogP contribution in [0, 0.1) is 17.0 Å². The lowest BCUT2D eigenvalue weighted by atomic mass is 10.0. The normalized spacial score (nSPS) is 11.7. The van der Waals surface area contributed by atoms with Crippen molar-refractivity contribution in [3.05, 3.63) is 55.8 Å². The summed E-state index contributed by atoms with van der Waals surface area (Å²) in [5.74, 6) is -0.346. The van der Waals surface area contributed by atoms with Gasteiger partial charge in [-0.25, -0.2) is 0 Å². The van der Waals surface area contributed by atoms with Gasteiger partial charge in [0.15, 0.2) is 5.75 Å². The number of nitrogens with zero attached hydrogens (tertiary/aromatic N) is 1. The Bertz CT molecular complexity index is 587. The van der Waals surface area contributed by atoms with Crippen molar-refractivity contribution >= 4 is 29.4 Å². The molecule has 0 unspecified atom stereocenters. The first-order valence-electron chi connectivity index (χ1n) is 5.28. The molecule has 2 aromatic rings. The molecule has 102 valence electrons. The van der Waals surface area contributed by atoms with Crippen LogP contribution in [0.2, 0.25) is 0 Å². The molecule has 7 heteroatoms. The third-order valence-electron chi connectivity index (χ3n) is 2.75. The Kier molecular flexibility index (Phi) is 4.88. The van der Waals surface area contributed by atoms with E-state index in [-0.39, 0.29) is 23.8 Å². The number of hydrogen-bond donors (Lipinski definition) is 2. The van der Waals surface area contributed by atoms with Gasteiger partial charge in [-0.1, -0.05) is 18.2 Å². The third kappa shape index (κ3) is 2.86. The molecule has 1 aromatic heterocycles. The van der Waals surface area contributed by atoms with E-state index >= 15 is 0 Å². The van der Waals surface area contributed by atoms with Crippen molar-refractivity contribution < 1.29 is 10.0 Å². The van der Waals surface area contributed by atoms with E-state index in [4.69, 9.17) is 5.73 Å². The van der Waals surface area contributed by atoms with Gasteiger partial charge in [0.1, 0.15) is 0 Å². The van der Waals surface area contributed by atoms with Crippen molar-refractivity contribution in [2.45, 2.75) is 13.0 Å². The highest BCUT2D eigenvalue weighted by Gasteiger charge is 2.24. The van der Waals surface area contributed by atoms with Gasteiger partial charge in [0, 0.05) is 16.0 Å². The van der Waals surface area contributed by atoms with Crippen molar-refractivity contribution in [3.8, 4) is 5.75 Å². The van der Waals surface area contributed by atoms with Gasteiger partial charge < -0.3 is 10.8 Å². The van der Waals surface area contributed by atoms with E-state index in [9.17, 15) is 15.2 Å². The van der Waals surface area contributed by atoms with E-state index < -0.39 is 11.0 Å². The summed E-state index contributed by atoms with van der Waals surface area (Å²) in [6.07, 6.45) is 0. The highest BCUT2D eigenvalue weighted by molar-refractivity contribution is 7.10. The molecular formula is C12H13ClN2O3S. The van der Waals surface area contributed by atoms with Gasteiger partial charge in [-0.15, -0.1) is 23.7 Å². The Morgan fingerprint density at radius 1 is 1.42 bits per heavy atom. The number of halogens is 1. The molecular weight excluding hydrogens is 288 g/mol. The lowest BCUT2D eigenvalue weighted by Crippen LogP contribution is -2.11. The average Bonchev–Trinajstić information content (AvgIpc) is 2.81. The topological polar surface area (TPSA) is 89.4 Å². The van der Waals surface area contributed by atoms with Gasteiger partial charge in [0.05, 0.1) is 11.0 Å². The first kappa shape index (κ1) is 15.4. The van der Waals surface area contributed by atoms with Crippen LogP contribution in [-0.2, 0) is 0 Å². The standard InChI is InChI=1S/C12H12N2O3S.ClH/c1-7-4-5-8(12(15)11(7)14(16)17)10(13)9-3-2-6-18-9;/h2-6,10,15H,13H2,1H3;1H/t10-;/m1./s1. The van der Waals surface area contributed by atoms with Crippen LogP contribution in [0.3, 0.4) is 0 Å². The van der Waals surface area contributed by atoms with E-state index in [1.165, 1.54) is 11.3 Å². The Balaban J connectivity index is 0.00000180. The van der Waals surface area contributed by atoms with Gasteiger partial charge >= 0.3 is 5.69 Å². The molecule has 0 bridgehead atoms. The number of hydrogen-bond acceptors (Lipinski definition) is 5. The molecule has 2 rings (SSSR count). The Hall–Kier alpha value is -1.63. The van der Waals surface area contributed by atoms with Gasteiger partial charge in [-0.2, -0.15) is 0 Å². The predicted molar refractivity (Wildman–Crippen MR) is 77.1 cm³/mol. The summed E-state index contributed by atoms with van der Waals surface area (Å²) in [5, 5.41) is 22.8. The van der Waals surface area contributed by atoms with E-state index in [1.54, 1.807) is 19.1 Å².